The molecule has 0 amide bonds. The van der Waals surface area contributed by atoms with Gasteiger partial charge < -0.3 is 4.74 Å². The number of unbranched alkanes of at least 4 members (excludes halogenated alkanes) is 7. The molecule has 1 fully saturated rings. The molecule has 1 radical (unpaired) electrons. The van der Waals surface area contributed by atoms with Gasteiger partial charge in [-0.05, 0) is 24.1 Å². The Hall–Kier alpha value is -0.340. The first-order valence-electron chi connectivity index (χ1n) is 9.46. The molecule has 2 atom stereocenters. The summed E-state index contributed by atoms with van der Waals surface area (Å²) in [6.45, 7) is 2.28. The topological polar surface area (TPSA) is 12.5 Å². The average Bonchev–Trinajstić information content (AvgIpc) is 3.29. The summed E-state index contributed by atoms with van der Waals surface area (Å²) in [6.07, 6.45) is 20.9. The van der Waals surface area contributed by atoms with Crippen molar-refractivity contribution in [2.75, 3.05) is 0 Å². The van der Waals surface area contributed by atoms with Crippen molar-refractivity contribution in [2.24, 2.45) is 0 Å². The molecule has 24 heavy (non-hydrogen) atoms. The fourth-order valence-electron chi connectivity index (χ4n) is 3.92. The van der Waals surface area contributed by atoms with Crippen LogP contribution in [-0.4, -0.2) is 35.2 Å². The van der Waals surface area contributed by atoms with E-state index in [2.05, 4.69) is 61.6 Å². The molecule has 1 aromatic carbocycles. The van der Waals surface area contributed by atoms with Gasteiger partial charge >= 0.3 is 0 Å². The first-order chi connectivity index (χ1) is 11.3. The third-order valence-corrected chi connectivity index (χ3v) is 5.34. The molecule has 0 N–H and O–H groups in total. The maximum absolute atomic E-state index is 6.33. The SMILES string of the molecule is CCCCCCCCCCC12C=CC=CC1(c1ccccc1)O2.[Na]. The Morgan fingerprint density at radius 2 is 1.42 bits per heavy atom. The Morgan fingerprint density at radius 3 is 2.12 bits per heavy atom. The number of epoxide rings is 1. The predicted molar refractivity (Wildman–Crippen MR) is 103 cm³/mol. The second-order valence-electron chi connectivity index (χ2n) is 7.04. The molecule has 125 valence electrons. The van der Waals surface area contributed by atoms with Gasteiger partial charge in [-0.2, -0.15) is 0 Å². The van der Waals surface area contributed by atoms with E-state index in [9.17, 15) is 0 Å². The largest absolute Gasteiger partial charge is 0.348 e. The molecule has 1 saturated heterocycles. The van der Waals surface area contributed by atoms with Gasteiger partial charge in [0.15, 0.2) is 0 Å². The molecule has 1 nitrogen and oxygen atoms in total. The Bertz CT molecular complexity index is 550. The molecule has 3 rings (SSSR count). The van der Waals surface area contributed by atoms with Crippen molar-refractivity contribution in [3.8, 4) is 0 Å². The summed E-state index contributed by atoms with van der Waals surface area (Å²) in [4.78, 5) is 0. The second-order valence-corrected chi connectivity index (χ2v) is 7.04. The Morgan fingerprint density at radius 1 is 0.792 bits per heavy atom. The summed E-state index contributed by atoms with van der Waals surface area (Å²) in [7, 11) is 0. The summed E-state index contributed by atoms with van der Waals surface area (Å²) < 4.78 is 6.33. The summed E-state index contributed by atoms with van der Waals surface area (Å²) in [5.74, 6) is 0. The molecule has 1 aliphatic heterocycles. The molecule has 0 saturated carbocycles. The maximum Gasteiger partial charge on any atom is 0.145 e. The van der Waals surface area contributed by atoms with E-state index in [1.54, 1.807) is 0 Å². The van der Waals surface area contributed by atoms with Gasteiger partial charge in [0.1, 0.15) is 11.2 Å². The van der Waals surface area contributed by atoms with Crippen molar-refractivity contribution < 1.29 is 4.74 Å². The minimum atomic E-state index is -0.190. The minimum Gasteiger partial charge on any atom is -0.348 e. The normalized spacial score (nSPS) is 26.7. The quantitative estimate of drug-likeness (QED) is 0.294. The second kappa shape index (κ2) is 9.38. The Kier molecular flexibility index (Phi) is 7.81. The molecule has 2 aliphatic rings. The molecular formula is C22H30NaO. The van der Waals surface area contributed by atoms with Gasteiger partial charge in [0.05, 0.1) is 0 Å². The number of hydrogen-bond acceptors (Lipinski definition) is 1. The van der Waals surface area contributed by atoms with Crippen molar-refractivity contribution in [3.63, 3.8) is 0 Å². The van der Waals surface area contributed by atoms with E-state index in [-0.39, 0.29) is 40.8 Å². The van der Waals surface area contributed by atoms with Crippen LogP contribution in [-0.2, 0) is 10.3 Å². The number of ether oxygens (including phenoxy) is 1. The summed E-state index contributed by atoms with van der Waals surface area (Å²) in [6, 6.07) is 10.7. The van der Waals surface area contributed by atoms with Crippen molar-refractivity contribution in [3.05, 3.63) is 60.2 Å². The van der Waals surface area contributed by atoms with Gasteiger partial charge in [-0.15, -0.1) is 0 Å². The maximum atomic E-state index is 6.33. The van der Waals surface area contributed by atoms with Crippen LogP contribution in [0.5, 0.6) is 0 Å². The van der Waals surface area contributed by atoms with E-state index in [1.165, 1.54) is 56.9 Å². The zero-order chi connectivity index (χ0) is 16.0. The third kappa shape index (κ3) is 4.25. The van der Waals surface area contributed by atoms with Crippen LogP contribution in [0.1, 0.15) is 70.3 Å². The van der Waals surface area contributed by atoms with Crippen LogP contribution in [0.25, 0.3) is 0 Å². The van der Waals surface area contributed by atoms with E-state index >= 15 is 0 Å². The van der Waals surface area contributed by atoms with Crippen LogP contribution in [0.15, 0.2) is 54.6 Å². The predicted octanol–water partition coefficient (Wildman–Crippen LogP) is 5.93. The first-order valence-corrected chi connectivity index (χ1v) is 9.46. The molecule has 2 heteroatoms. The standard InChI is InChI=1S/C22H30O.Na/c1-2-3-4-5-6-7-8-12-17-21-18-13-14-19-22(21,23-21)20-15-10-9-11-16-20;/h9-11,13-16,18-19H,2-8,12,17H2,1H3;. The van der Waals surface area contributed by atoms with Crippen LogP contribution in [0, 0.1) is 0 Å². The zero-order valence-electron chi connectivity index (χ0n) is 15.5. The first kappa shape index (κ1) is 20.0. The molecule has 2 unspecified atom stereocenters. The van der Waals surface area contributed by atoms with Gasteiger partial charge in [0.2, 0.25) is 0 Å². The summed E-state index contributed by atoms with van der Waals surface area (Å²) in [5, 5.41) is 0. The zero-order valence-corrected chi connectivity index (χ0v) is 17.5. The Labute approximate surface area is 169 Å². The molecule has 1 aliphatic carbocycles. The van der Waals surface area contributed by atoms with E-state index in [0.29, 0.717) is 0 Å². The van der Waals surface area contributed by atoms with Crippen molar-refractivity contribution >= 4 is 29.6 Å². The van der Waals surface area contributed by atoms with Crippen LogP contribution in [0.2, 0.25) is 0 Å². The minimum absolute atomic E-state index is 0. The van der Waals surface area contributed by atoms with E-state index in [4.69, 9.17) is 4.74 Å². The average molecular weight is 333 g/mol. The van der Waals surface area contributed by atoms with Gasteiger partial charge in [0, 0.05) is 29.6 Å². The molecule has 0 aromatic heterocycles. The Balaban J connectivity index is 0.00000208. The number of hydrogen-bond donors (Lipinski definition) is 0. The van der Waals surface area contributed by atoms with Crippen LogP contribution >= 0.6 is 0 Å². The van der Waals surface area contributed by atoms with Gasteiger partial charge in [0.25, 0.3) is 0 Å². The van der Waals surface area contributed by atoms with Gasteiger partial charge in [-0.25, -0.2) is 0 Å². The van der Waals surface area contributed by atoms with E-state index in [0.717, 1.165) is 6.42 Å². The molecule has 0 spiro atoms. The van der Waals surface area contributed by atoms with Crippen LogP contribution in [0.4, 0.5) is 0 Å². The number of rotatable bonds is 10. The number of benzene rings is 1. The van der Waals surface area contributed by atoms with Crippen molar-refractivity contribution in [1.29, 1.82) is 0 Å². The van der Waals surface area contributed by atoms with Crippen LogP contribution < -0.4 is 0 Å². The van der Waals surface area contributed by atoms with Crippen LogP contribution in [0.3, 0.4) is 0 Å². The molecule has 1 aromatic rings. The monoisotopic (exact) mass is 333 g/mol. The van der Waals surface area contributed by atoms with Gasteiger partial charge in [-0.1, -0.05) is 101 Å². The fourth-order valence-corrected chi connectivity index (χ4v) is 3.92. The van der Waals surface area contributed by atoms with Crippen molar-refractivity contribution in [2.45, 2.75) is 75.9 Å². The fraction of sp³-hybridized carbons (Fsp3) is 0.545. The molecule has 1 heterocycles. The molecular weight excluding hydrogens is 303 g/mol. The summed E-state index contributed by atoms with van der Waals surface area (Å²) in [5.41, 5.74) is 1.02. The van der Waals surface area contributed by atoms with Gasteiger partial charge in [-0.3, -0.25) is 0 Å². The van der Waals surface area contributed by atoms with Crippen molar-refractivity contribution in [1.82, 2.24) is 0 Å². The number of allylic oxidation sites excluding steroid dienone is 2. The summed E-state index contributed by atoms with van der Waals surface area (Å²) >= 11 is 0. The van der Waals surface area contributed by atoms with E-state index < -0.39 is 0 Å². The smallest absolute Gasteiger partial charge is 0.145 e. The molecule has 0 bridgehead atoms. The van der Waals surface area contributed by atoms with E-state index in [1.807, 2.05) is 0 Å². The third-order valence-electron chi connectivity index (χ3n) is 5.34. The number of fused-ring (bicyclic) bond motifs is 1.